The second kappa shape index (κ2) is 2.74. The average molecular weight is 189 g/mol. The first-order chi connectivity index (χ1) is 6.63. The van der Waals surface area contributed by atoms with Crippen molar-refractivity contribution < 1.29 is 14.6 Å². The van der Waals surface area contributed by atoms with E-state index >= 15 is 0 Å². The maximum Gasteiger partial charge on any atom is 0.344 e. The number of nitrogens with zero attached hydrogens (tertiary/aromatic N) is 1. The number of aromatic hydroxyl groups is 1. The van der Waals surface area contributed by atoms with E-state index in [-0.39, 0.29) is 11.3 Å². The van der Waals surface area contributed by atoms with Crippen LogP contribution in [0.15, 0.2) is 12.1 Å². The van der Waals surface area contributed by atoms with Crippen molar-refractivity contribution in [3.63, 3.8) is 0 Å². The van der Waals surface area contributed by atoms with Gasteiger partial charge >= 0.3 is 5.97 Å². The number of aryl methyl sites for hydroxylation is 1. The minimum absolute atomic E-state index is 0.113. The first-order valence-corrected chi connectivity index (χ1v) is 4.07. The lowest BCUT2D eigenvalue weighted by Crippen LogP contribution is -1.95. The van der Waals surface area contributed by atoms with Gasteiger partial charge < -0.3 is 9.84 Å². The number of hydrogen-bond donors (Lipinski definition) is 1. The smallest absolute Gasteiger partial charge is 0.344 e. The number of esters is 1. The fraction of sp³-hybridized carbons (Fsp3) is 0.200. The van der Waals surface area contributed by atoms with Gasteiger partial charge in [-0.1, -0.05) is 6.07 Å². The molecular formula is C10H7NO3. The van der Waals surface area contributed by atoms with E-state index in [4.69, 9.17) is 10.00 Å². The zero-order chi connectivity index (χ0) is 10.3. The van der Waals surface area contributed by atoms with E-state index in [1.807, 2.05) is 6.07 Å². The van der Waals surface area contributed by atoms with E-state index in [2.05, 4.69) is 0 Å². The fourth-order valence-electron chi connectivity index (χ4n) is 1.55. The molecule has 0 saturated carbocycles. The summed E-state index contributed by atoms with van der Waals surface area (Å²) < 4.78 is 4.76. The van der Waals surface area contributed by atoms with Crippen molar-refractivity contribution in [3.8, 4) is 11.8 Å². The molecule has 0 aromatic heterocycles. The van der Waals surface area contributed by atoms with Crippen molar-refractivity contribution in [2.45, 2.75) is 13.0 Å². The zero-order valence-electron chi connectivity index (χ0n) is 7.44. The summed E-state index contributed by atoms with van der Waals surface area (Å²) in [5.74, 6) is -0.758. The van der Waals surface area contributed by atoms with Crippen molar-refractivity contribution in [3.05, 3.63) is 28.8 Å². The number of hydrogen-bond acceptors (Lipinski definition) is 4. The lowest BCUT2D eigenvalue weighted by atomic mass is 10.0. The third-order valence-corrected chi connectivity index (χ3v) is 2.12. The van der Waals surface area contributed by atoms with Crippen LogP contribution in [0.2, 0.25) is 0 Å². The molecule has 1 aliphatic rings. The maximum atomic E-state index is 11.2. The van der Waals surface area contributed by atoms with Crippen LogP contribution in [0.3, 0.4) is 0 Å². The molecule has 0 bridgehead atoms. The van der Waals surface area contributed by atoms with Crippen LogP contribution in [0.1, 0.15) is 27.6 Å². The number of rotatable bonds is 0. The second-order valence-corrected chi connectivity index (χ2v) is 3.16. The number of phenolic OH excluding ortho intramolecular Hbond substituents is 1. The molecule has 70 valence electrons. The molecule has 0 spiro atoms. The number of fused-ring (bicyclic) bond motifs is 1. The molecule has 4 heteroatoms. The van der Waals surface area contributed by atoms with Crippen molar-refractivity contribution >= 4 is 5.97 Å². The largest absolute Gasteiger partial charge is 0.507 e. The summed E-state index contributed by atoms with van der Waals surface area (Å²) in [4.78, 5) is 11.2. The van der Waals surface area contributed by atoms with Crippen LogP contribution >= 0.6 is 0 Å². The summed E-state index contributed by atoms with van der Waals surface area (Å²) in [5, 5.41) is 18.2. The highest BCUT2D eigenvalue weighted by Crippen LogP contribution is 2.36. The number of nitriles is 1. The lowest BCUT2D eigenvalue weighted by molar-refractivity contribution is 0.0476. The Morgan fingerprint density at radius 2 is 2.29 bits per heavy atom. The number of carbonyl (C=O) groups is 1. The van der Waals surface area contributed by atoms with Crippen LogP contribution in [-0.4, -0.2) is 11.1 Å². The fourth-order valence-corrected chi connectivity index (χ4v) is 1.55. The molecule has 1 aromatic carbocycles. The van der Waals surface area contributed by atoms with Gasteiger partial charge in [0.2, 0.25) is 6.10 Å². The van der Waals surface area contributed by atoms with Crippen LogP contribution < -0.4 is 0 Å². The van der Waals surface area contributed by atoms with Gasteiger partial charge in [0, 0.05) is 5.56 Å². The SMILES string of the molecule is Cc1cc(O)c2c(c1)C(C#N)OC2=O. The van der Waals surface area contributed by atoms with E-state index in [0.29, 0.717) is 5.56 Å². The predicted molar refractivity (Wildman–Crippen MR) is 46.6 cm³/mol. The summed E-state index contributed by atoms with van der Waals surface area (Å²) >= 11 is 0. The van der Waals surface area contributed by atoms with Crippen LogP contribution in [-0.2, 0) is 4.74 Å². The van der Waals surface area contributed by atoms with Crippen molar-refractivity contribution in [2.24, 2.45) is 0 Å². The third kappa shape index (κ3) is 1.03. The summed E-state index contributed by atoms with van der Waals surface area (Å²) in [6.07, 6.45) is -0.886. The van der Waals surface area contributed by atoms with Gasteiger partial charge in [-0.25, -0.2) is 4.79 Å². The first-order valence-electron chi connectivity index (χ1n) is 4.07. The summed E-state index contributed by atoms with van der Waals surface area (Å²) in [6.45, 7) is 1.78. The molecule has 1 aliphatic heterocycles. The molecule has 4 nitrogen and oxygen atoms in total. The van der Waals surface area contributed by atoms with Gasteiger partial charge in [-0.15, -0.1) is 0 Å². The van der Waals surface area contributed by atoms with Crippen molar-refractivity contribution in [2.75, 3.05) is 0 Å². The molecule has 2 rings (SSSR count). The quantitative estimate of drug-likeness (QED) is 0.627. The predicted octanol–water partition coefficient (Wildman–Crippen LogP) is 1.44. The molecule has 1 aromatic rings. The second-order valence-electron chi connectivity index (χ2n) is 3.16. The van der Waals surface area contributed by atoms with Gasteiger partial charge in [0.25, 0.3) is 0 Å². The highest BCUT2D eigenvalue weighted by Gasteiger charge is 2.33. The Morgan fingerprint density at radius 3 is 2.93 bits per heavy atom. The highest BCUT2D eigenvalue weighted by molar-refractivity contribution is 5.97. The Balaban J connectivity index is 2.69. The van der Waals surface area contributed by atoms with Gasteiger partial charge in [-0.05, 0) is 18.6 Å². The molecule has 1 atom stereocenters. The van der Waals surface area contributed by atoms with Crippen LogP contribution in [0.5, 0.6) is 5.75 Å². The molecule has 0 radical (unpaired) electrons. The minimum atomic E-state index is -0.886. The lowest BCUT2D eigenvalue weighted by Gasteiger charge is -2.01. The Bertz CT molecular complexity index is 459. The summed E-state index contributed by atoms with van der Waals surface area (Å²) in [5.41, 5.74) is 1.36. The van der Waals surface area contributed by atoms with E-state index in [1.165, 1.54) is 6.07 Å². The number of cyclic esters (lactones) is 1. The first kappa shape index (κ1) is 8.57. The highest BCUT2D eigenvalue weighted by atomic mass is 16.5. The van der Waals surface area contributed by atoms with Crippen LogP contribution in [0.4, 0.5) is 0 Å². The Kier molecular flexibility index (Phi) is 1.68. The summed E-state index contributed by atoms with van der Waals surface area (Å²) in [7, 11) is 0. The normalized spacial score (nSPS) is 18.6. The van der Waals surface area contributed by atoms with Crippen molar-refractivity contribution in [1.82, 2.24) is 0 Å². The zero-order valence-corrected chi connectivity index (χ0v) is 7.44. The molecular weight excluding hydrogens is 182 g/mol. The van der Waals surface area contributed by atoms with Gasteiger partial charge in [0.05, 0.1) is 0 Å². The molecule has 0 fully saturated rings. The van der Waals surface area contributed by atoms with Crippen LogP contribution in [0, 0.1) is 18.3 Å². The third-order valence-electron chi connectivity index (χ3n) is 2.12. The average Bonchev–Trinajstić information content (AvgIpc) is 2.42. The molecule has 0 amide bonds. The molecule has 1 N–H and O–H groups in total. The topological polar surface area (TPSA) is 70.3 Å². The van der Waals surface area contributed by atoms with E-state index in [0.717, 1.165) is 5.56 Å². The Hall–Kier alpha value is -2.02. The number of phenols is 1. The van der Waals surface area contributed by atoms with E-state index in [1.54, 1.807) is 13.0 Å². The van der Waals surface area contributed by atoms with Gasteiger partial charge in [-0.3, -0.25) is 0 Å². The Morgan fingerprint density at radius 1 is 1.57 bits per heavy atom. The van der Waals surface area contributed by atoms with Gasteiger partial charge in [-0.2, -0.15) is 5.26 Å². The van der Waals surface area contributed by atoms with Crippen LogP contribution in [0.25, 0.3) is 0 Å². The van der Waals surface area contributed by atoms with Crippen molar-refractivity contribution in [1.29, 1.82) is 5.26 Å². The molecule has 14 heavy (non-hydrogen) atoms. The summed E-state index contributed by atoms with van der Waals surface area (Å²) in [6, 6.07) is 5.00. The molecule has 1 heterocycles. The molecule has 0 aliphatic carbocycles. The molecule has 1 unspecified atom stereocenters. The van der Waals surface area contributed by atoms with Gasteiger partial charge in [0.1, 0.15) is 17.4 Å². The number of ether oxygens (including phenoxy) is 1. The Labute approximate surface area is 80.3 Å². The van der Waals surface area contributed by atoms with E-state index < -0.39 is 12.1 Å². The van der Waals surface area contributed by atoms with Gasteiger partial charge in [0.15, 0.2) is 0 Å². The minimum Gasteiger partial charge on any atom is -0.507 e. The maximum absolute atomic E-state index is 11.2. The molecule has 0 saturated heterocycles. The standard InChI is InChI=1S/C10H7NO3/c1-5-2-6-8(4-11)14-10(13)9(6)7(12)3-5/h2-3,8,12H,1H3. The monoisotopic (exact) mass is 189 g/mol. The number of benzene rings is 1. The van der Waals surface area contributed by atoms with E-state index in [9.17, 15) is 9.90 Å². The number of carbonyl (C=O) groups excluding carboxylic acids is 1.